The second kappa shape index (κ2) is 6.02. The Kier molecular flexibility index (Phi) is 3.84. The lowest BCUT2D eigenvalue weighted by Crippen LogP contribution is -2.37. The molecule has 0 radical (unpaired) electrons. The highest BCUT2D eigenvalue weighted by Crippen LogP contribution is 2.18. The molecule has 0 unspecified atom stereocenters. The van der Waals surface area contributed by atoms with Gasteiger partial charge in [-0.1, -0.05) is 26.0 Å². The zero-order valence-corrected chi connectivity index (χ0v) is 14.5. The van der Waals surface area contributed by atoms with Gasteiger partial charge in [-0.05, 0) is 18.6 Å². The lowest BCUT2D eigenvalue weighted by atomic mass is 10.1. The molecule has 0 saturated heterocycles. The summed E-state index contributed by atoms with van der Waals surface area (Å²) in [7, 11) is 2.08. The van der Waals surface area contributed by atoms with E-state index in [-0.39, 0.29) is 0 Å². The number of para-hydroxylation sites is 2. The highest BCUT2D eigenvalue weighted by molar-refractivity contribution is 5.75. The number of aryl methyl sites for hydroxylation is 2. The predicted molar refractivity (Wildman–Crippen MR) is 93.8 cm³/mol. The van der Waals surface area contributed by atoms with Crippen molar-refractivity contribution in [1.29, 1.82) is 0 Å². The minimum Gasteiger partial charge on any atom is -0.330 e. The smallest absolute Gasteiger partial charge is 0.153 e. The van der Waals surface area contributed by atoms with Crippen LogP contribution in [-0.4, -0.2) is 30.4 Å². The topological polar surface area (TPSA) is 60.6 Å². The number of hydrogen-bond donors (Lipinski definition) is 1. The average molecular weight is 324 g/mol. The summed E-state index contributed by atoms with van der Waals surface area (Å²) in [6.07, 6.45) is 2.08. The molecule has 2 aromatic heterocycles. The second-order valence-electron chi connectivity index (χ2n) is 6.92. The molecule has 0 bridgehead atoms. The number of nitrogens with zero attached hydrogens (tertiary/aromatic N) is 5. The van der Waals surface area contributed by atoms with E-state index >= 15 is 0 Å². The first-order valence-corrected chi connectivity index (χ1v) is 8.69. The van der Waals surface area contributed by atoms with Gasteiger partial charge in [0.1, 0.15) is 11.6 Å². The van der Waals surface area contributed by atoms with Gasteiger partial charge < -0.3 is 9.88 Å². The molecule has 1 aliphatic rings. The molecular formula is C18H24N6. The van der Waals surface area contributed by atoms with Gasteiger partial charge in [-0.25, -0.2) is 14.6 Å². The third-order valence-corrected chi connectivity index (χ3v) is 4.82. The third-order valence-electron chi connectivity index (χ3n) is 4.82. The van der Waals surface area contributed by atoms with Gasteiger partial charge >= 0.3 is 0 Å². The zero-order valence-electron chi connectivity index (χ0n) is 14.5. The third kappa shape index (κ3) is 2.71. The molecule has 1 N–H and O–H groups in total. The first kappa shape index (κ1) is 15.3. The van der Waals surface area contributed by atoms with E-state index < -0.39 is 0 Å². The van der Waals surface area contributed by atoms with Crippen LogP contribution in [0, 0.1) is 0 Å². The highest BCUT2D eigenvalue weighted by atomic mass is 15.4. The monoisotopic (exact) mass is 324 g/mol. The van der Waals surface area contributed by atoms with Crippen LogP contribution >= 0.6 is 0 Å². The van der Waals surface area contributed by atoms with Crippen LogP contribution in [0.1, 0.15) is 43.7 Å². The van der Waals surface area contributed by atoms with Crippen molar-refractivity contribution >= 4 is 11.0 Å². The SMILES string of the molecule is CC(C)c1nc2n(n1)C[C@@H](NCc1nc3ccccc3n1C)CC2. The number of fused-ring (bicyclic) bond motifs is 2. The van der Waals surface area contributed by atoms with E-state index in [1.54, 1.807) is 0 Å². The van der Waals surface area contributed by atoms with Crippen LogP contribution in [0.2, 0.25) is 0 Å². The van der Waals surface area contributed by atoms with Gasteiger partial charge in [-0.3, -0.25) is 0 Å². The average Bonchev–Trinajstić information content (AvgIpc) is 3.14. The summed E-state index contributed by atoms with van der Waals surface area (Å²) in [5, 5.41) is 8.30. The van der Waals surface area contributed by atoms with Crippen LogP contribution in [0.15, 0.2) is 24.3 Å². The Labute approximate surface area is 141 Å². The van der Waals surface area contributed by atoms with Crippen LogP contribution < -0.4 is 5.32 Å². The van der Waals surface area contributed by atoms with Crippen molar-refractivity contribution in [1.82, 2.24) is 29.6 Å². The molecule has 6 heteroatoms. The van der Waals surface area contributed by atoms with Crippen LogP contribution in [0.3, 0.4) is 0 Å². The van der Waals surface area contributed by atoms with Crippen molar-refractivity contribution in [3.63, 3.8) is 0 Å². The number of rotatable bonds is 4. The standard InChI is InChI=1S/C18H24N6/c1-12(2)18-21-16-9-8-13(11-24(16)22-18)19-10-17-20-14-6-4-5-7-15(14)23(17)3/h4-7,12-13,19H,8-11H2,1-3H3/t13-/m0/s1. The summed E-state index contributed by atoms with van der Waals surface area (Å²) < 4.78 is 4.24. The van der Waals surface area contributed by atoms with Crippen LogP contribution in [-0.2, 0) is 26.6 Å². The molecule has 126 valence electrons. The molecular weight excluding hydrogens is 300 g/mol. The molecule has 0 saturated carbocycles. The molecule has 0 fully saturated rings. The number of imidazole rings is 1. The summed E-state index contributed by atoms with van der Waals surface area (Å²) in [6, 6.07) is 8.68. The summed E-state index contributed by atoms with van der Waals surface area (Å²) in [5.41, 5.74) is 2.23. The number of aromatic nitrogens is 5. The van der Waals surface area contributed by atoms with Crippen LogP contribution in [0.25, 0.3) is 11.0 Å². The van der Waals surface area contributed by atoms with Gasteiger partial charge in [0.25, 0.3) is 0 Å². The first-order valence-electron chi connectivity index (χ1n) is 8.69. The Balaban J connectivity index is 1.45. The first-order chi connectivity index (χ1) is 11.6. The maximum absolute atomic E-state index is 4.73. The van der Waals surface area contributed by atoms with E-state index in [2.05, 4.69) is 63.7 Å². The van der Waals surface area contributed by atoms with Gasteiger partial charge in [0.15, 0.2) is 5.82 Å². The van der Waals surface area contributed by atoms with Gasteiger partial charge in [0, 0.05) is 25.4 Å². The Morgan fingerprint density at radius 2 is 2.08 bits per heavy atom. The number of benzene rings is 1. The van der Waals surface area contributed by atoms with E-state index in [1.807, 2.05) is 6.07 Å². The fourth-order valence-electron chi connectivity index (χ4n) is 3.33. The lowest BCUT2D eigenvalue weighted by Gasteiger charge is -2.23. The molecule has 4 rings (SSSR count). The Morgan fingerprint density at radius 3 is 2.88 bits per heavy atom. The molecule has 1 aliphatic heterocycles. The Hall–Kier alpha value is -2.21. The molecule has 0 spiro atoms. The summed E-state index contributed by atoms with van der Waals surface area (Å²) in [5.74, 6) is 3.54. The maximum atomic E-state index is 4.73. The van der Waals surface area contributed by atoms with Crippen molar-refractivity contribution in [2.45, 2.75) is 51.7 Å². The van der Waals surface area contributed by atoms with Crippen molar-refractivity contribution in [2.24, 2.45) is 7.05 Å². The minimum atomic E-state index is 0.384. The lowest BCUT2D eigenvalue weighted by molar-refractivity contribution is 0.353. The predicted octanol–water partition coefficient (Wildman–Crippen LogP) is 2.39. The molecule has 1 atom stereocenters. The van der Waals surface area contributed by atoms with Crippen molar-refractivity contribution in [3.05, 3.63) is 41.7 Å². The fraction of sp³-hybridized carbons (Fsp3) is 0.500. The highest BCUT2D eigenvalue weighted by Gasteiger charge is 2.22. The quantitative estimate of drug-likeness (QED) is 0.800. The molecule has 3 heterocycles. The maximum Gasteiger partial charge on any atom is 0.153 e. The van der Waals surface area contributed by atoms with Crippen LogP contribution in [0.4, 0.5) is 0 Å². The summed E-state index contributed by atoms with van der Waals surface area (Å²) in [6.45, 7) is 5.95. The van der Waals surface area contributed by atoms with Gasteiger partial charge in [-0.15, -0.1) is 0 Å². The fourth-order valence-corrected chi connectivity index (χ4v) is 3.33. The summed E-state index contributed by atoms with van der Waals surface area (Å²) in [4.78, 5) is 9.39. The van der Waals surface area contributed by atoms with E-state index in [1.165, 1.54) is 5.52 Å². The normalized spacial score (nSPS) is 17.6. The van der Waals surface area contributed by atoms with E-state index in [0.717, 1.165) is 48.9 Å². The number of hydrogen-bond acceptors (Lipinski definition) is 4. The molecule has 0 aliphatic carbocycles. The molecule has 24 heavy (non-hydrogen) atoms. The second-order valence-corrected chi connectivity index (χ2v) is 6.92. The summed E-state index contributed by atoms with van der Waals surface area (Å²) >= 11 is 0. The number of nitrogens with one attached hydrogen (secondary N) is 1. The molecule has 3 aromatic rings. The van der Waals surface area contributed by atoms with Crippen molar-refractivity contribution < 1.29 is 0 Å². The zero-order chi connectivity index (χ0) is 16.7. The van der Waals surface area contributed by atoms with E-state index in [0.29, 0.717) is 12.0 Å². The van der Waals surface area contributed by atoms with Gasteiger partial charge in [0.05, 0.1) is 24.1 Å². The Morgan fingerprint density at radius 1 is 1.25 bits per heavy atom. The van der Waals surface area contributed by atoms with Gasteiger partial charge in [-0.2, -0.15) is 5.10 Å². The van der Waals surface area contributed by atoms with Gasteiger partial charge in [0.2, 0.25) is 0 Å². The molecule has 0 amide bonds. The largest absolute Gasteiger partial charge is 0.330 e. The van der Waals surface area contributed by atoms with Crippen molar-refractivity contribution in [3.8, 4) is 0 Å². The van der Waals surface area contributed by atoms with Crippen molar-refractivity contribution in [2.75, 3.05) is 0 Å². The minimum absolute atomic E-state index is 0.384. The van der Waals surface area contributed by atoms with Crippen LogP contribution in [0.5, 0.6) is 0 Å². The molecule has 1 aromatic carbocycles. The van der Waals surface area contributed by atoms with E-state index in [4.69, 9.17) is 4.98 Å². The molecule has 6 nitrogen and oxygen atoms in total. The van der Waals surface area contributed by atoms with E-state index in [9.17, 15) is 0 Å². The Bertz CT molecular complexity index is 860.